The first-order chi connectivity index (χ1) is 8.75. The van der Waals surface area contributed by atoms with E-state index in [1.165, 1.54) is 11.1 Å². The minimum atomic E-state index is -0.339. The van der Waals surface area contributed by atoms with Crippen molar-refractivity contribution >= 4 is 0 Å². The highest BCUT2D eigenvalue weighted by atomic mass is 16.3. The largest absolute Gasteiger partial charge is 0.388 e. The van der Waals surface area contributed by atoms with Crippen LogP contribution in [0.1, 0.15) is 35.6 Å². The summed E-state index contributed by atoms with van der Waals surface area (Å²) in [6, 6.07) is 18.6. The van der Waals surface area contributed by atoms with Crippen LogP contribution >= 0.6 is 0 Å². The number of aryl methyl sites for hydroxylation is 2. The first-order valence-corrected chi connectivity index (χ1v) is 6.54. The standard InChI is InChI=1S/C17H20O/c1-14-7-5-11-16(13-14)17(18)12-6-10-15-8-3-2-4-9-15/h2-5,7-9,11,13,17-18H,6,10,12H2,1H3. The maximum atomic E-state index is 10.1. The maximum absolute atomic E-state index is 10.1. The van der Waals surface area contributed by atoms with E-state index in [1.54, 1.807) is 0 Å². The van der Waals surface area contributed by atoms with E-state index >= 15 is 0 Å². The van der Waals surface area contributed by atoms with Gasteiger partial charge < -0.3 is 5.11 Å². The molecule has 1 nitrogen and oxygen atoms in total. The van der Waals surface area contributed by atoms with E-state index in [0.717, 1.165) is 24.8 Å². The Balaban J connectivity index is 1.83. The molecule has 0 spiro atoms. The summed E-state index contributed by atoms with van der Waals surface area (Å²) in [5.74, 6) is 0. The fourth-order valence-corrected chi connectivity index (χ4v) is 2.19. The Morgan fingerprint density at radius 2 is 1.78 bits per heavy atom. The molecule has 2 rings (SSSR count). The monoisotopic (exact) mass is 240 g/mol. The normalized spacial score (nSPS) is 12.3. The minimum Gasteiger partial charge on any atom is -0.388 e. The first kappa shape index (κ1) is 12.8. The van der Waals surface area contributed by atoms with Crippen LogP contribution in [0.2, 0.25) is 0 Å². The lowest BCUT2D eigenvalue weighted by Gasteiger charge is -2.11. The topological polar surface area (TPSA) is 20.2 Å². The zero-order valence-electron chi connectivity index (χ0n) is 10.8. The van der Waals surface area contributed by atoms with E-state index in [0.29, 0.717) is 0 Å². The smallest absolute Gasteiger partial charge is 0.0790 e. The Bertz CT molecular complexity index is 476. The molecule has 0 bridgehead atoms. The van der Waals surface area contributed by atoms with Crippen LogP contribution in [-0.2, 0) is 6.42 Å². The number of hydrogen-bond acceptors (Lipinski definition) is 1. The molecule has 0 saturated carbocycles. The lowest BCUT2D eigenvalue weighted by Crippen LogP contribution is -1.98. The average Bonchev–Trinajstić information content (AvgIpc) is 2.40. The summed E-state index contributed by atoms with van der Waals surface area (Å²) in [6.07, 6.45) is 2.52. The highest BCUT2D eigenvalue weighted by Gasteiger charge is 2.07. The number of aliphatic hydroxyl groups excluding tert-OH is 1. The summed E-state index contributed by atoms with van der Waals surface area (Å²) in [5.41, 5.74) is 3.58. The SMILES string of the molecule is Cc1cccc(C(O)CCCc2ccccc2)c1. The van der Waals surface area contributed by atoms with Gasteiger partial charge in [0.1, 0.15) is 0 Å². The molecule has 0 aliphatic rings. The molecule has 94 valence electrons. The summed E-state index contributed by atoms with van der Waals surface area (Å²) < 4.78 is 0. The molecule has 0 saturated heterocycles. The third-order valence-corrected chi connectivity index (χ3v) is 3.21. The van der Waals surface area contributed by atoms with Crippen LogP contribution in [0.25, 0.3) is 0 Å². The summed E-state index contributed by atoms with van der Waals surface area (Å²) in [7, 11) is 0. The molecule has 0 radical (unpaired) electrons. The fraction of sp³-hybridized carbons (Fsp3) is 0.294. The Kier molecular flexibility index (Phi) is 4.54. The highest BCUT2D eigenvalue weighted by Crippen LogP contribution is 2.20. The Morgan fingerprint density at radius 1 is 1.00 bits per heavy atom. The zero-order chi connectivity index (χ0) is 12.8. The van der Waals surface area contributed by atoms with E-state index in [2.05, 4.69) is 43.3 Å². The van der Waals surface area contributed by atoms with Crippen LogP contribution in [0.5, 0.6) is 0 Å². The molecule has 0 heterocycles. The van der Waals surface area contributed by atoms with Crippen LogP contribution in [0, 0.1) is 6.92 Å². The Hall–Kier alpha value is -1.60. The molecule has 0 aliphatic carbocycles. The number of rotatable bonds is 5. The molecular weight excluding hydrogens is 220 g/mol. The summed E-state index contributed by atoms with van der Waals surface area (Å²) in [6.45, 7) is 2.06. The average molecular weight is 240 g/mol. The summed E-state index contributed by atoms with van der Waals surface area (Å²) in [5, 5.41) is 10.1. The van der Waals surface area contributed by atoms with E-state index in [4.69, 9.17) is 0 Å². The van der Waals surface area contributed by atoms with Crippen LogP contribution in [0.15, 0.2) is 54.6 Å². The second-order valence-corrected chi connectivity index (χ2v) is 4.81. The highest BCUT2D eigenvalue weighted by molar-refractivity contribution is 5.24. The van der Waals surface area contributed by atoms with Gasteiger partial charge in [-0.1, -0.05) is 60.2 Å². The Labute approximate surface area is 109 Å². The molecule has 18 heavy (non-hydrogen) atoms. The predicted octanol–water partition coefficient (Wildman–Crippen LogP) is 4.05. The van der Waals surface area contributed by atoms with Crippen molar-refractivity contribution in [3.05, 3.63) is 71.3 Å². The van der Waals surface area contributed by atoms with Crippen molar-refractivity contribution in [2.75, 3.05) is 0 Å². The molecule has 1 atom stereocenters. The summed E-state index contributed by atoms with van der Waals surface area (Å²) >= 11 is 0. The van der Waals surface area contributed by atoms with E-state index in [1.807, 2.05) is 18.2 Å². The van der Waals surface area contributed by atoms with Crippen molar-refractivity contribution in [3.63, 3.8) is 0 Å². The van der Waals surface area contributed by atoms with Gasteiger partial charge in [0.05, 0.1) is 6.10 Å². The van der Waals surface area contributed by atoms with Crippen molar-refractivity contribution in [1.82, 2.24) is 0 Å². The minimum absolute atomic E-state index is 0.339. The molecule has 0 aromatic heterocycles. The van der Waals surface area contributed by atoms with Crippen molar-refractivity contribution < 1.29 is 5.11 Å². The van der Waals surface area contributed by atoms with Crippen molar-refractivity contribution in [2.24, 2.45) is 0 Å². The van der Waals surface area contributed by atoms with E-state index < -0.39 is 0 Å². The fourth-order valence-electron chi connectivity index (χ4n) is 2.19. The number of aliphatic hydroxyl groups is 1. The molecule has 2 aromatic carbocycles. The van der Waals surface area contributed by atoms with Gasteiger partial charge in [-0.2, -0.15) is 0 Å². The summed E-state index contributed by atoms with van der Waals surface area (Å²) in [4.78, 5) is 0. The van der Waals surface area contributed by atoms with Crippen LogP contribution in [0.3, 0.4) is 0 Å². The quantitative estimate of drug-likeness (QED) is 0.836. The van der Waals surface area contributed by atoms with Crippen LogP contribution < -0.4 is 0 Å². The van der Waals surface area contributed by atoms with Gasteiger partial charge in [0, 0.05) is 0 Å². The van der Waals surface area contributed by atoms with Gasteiger partial charge in [0.15, 0.2) is 0 Å². The number of benzene rings is 2. The second kappa shape index (κ2) is 6.36. The molecule has 0 amide bonds. The molecule has 1 heteroatoms. The first-order valence-electron chi connectivity index (χ1n) is 6.54. The van der Waals surface area contributed by atoms with Gasteiger partial charge in [-0.15, -0.1) is 0 Å². The molecule has 0 aliphatic heterocycles. The van der Waals surface area contributed by atoms with Gasteiger partial charge in [-0.25, -0.2) is 0 Å². The van der Waals surface area contributed by atoms with Gasteiger partial charge in [0.2, 0.25) is 0 Å². The lowest BCUT2D eigenvalue weighted by molar-refractivity contribution is 0.164. The lowest BCUT2D eigenvalue weighted by atomic mass is 10.0. The van der Waals surface area contributed by atoms with Crippen molar-refractivity contribution in [2.45, 2.75) is 32.3 Å². The van der Waals surface area contributed by atoms with Gasteiger partial charge in [0.25, 0.3) is 0 Å². The van der Waals surface area contributed by atoms with Crippen molar-refractivity contribution in [1.29, 1.82) is 0 Å². The van der Waals surface area contributed by atoms with Gasteiger partial charge in [-0.05, 0) is 37.3 Å². The zero-order valence-corrected chi connectivity index (χ0v) is 10.8. The molecule has 1 N–H and O–H groups in total. The maximum Gasteiger partial charge on any atom is 0.0790 e. The molecule has 0 fully saturated rings. The van der Waals surface area contributed by atoms with Crippen molar-refractivity contribution in [3.8, 4) is 0 Å². The van der Waals surface area contributed by atoms with Crippen LogP contribution in [-0.4, -0.2) is 5.11 Å². The molecule has 2 aromatic rings. The molecule has 1 unspecified atom stereocenters. The third kappa shape index (κ3) is 3.71. The van der Waals surface area contributed by atoms with Gasteiger partial charge in [-0.3, -0.25) is 0 Å². The van der Waals surface area contributed by atoms with E-state index in [-0.39, 0.29) is 6.10 Å². The Morgan fingerprint density at radius 3 is 2.50 bits per heavy atom. The predicted molar refractivity (Wildman–Crippen MR) is 75.5 cm³/mol. The van der Waals surface area contributed by atoms with Crippen LogP contribution in [0.4, 0.5) is 0 Å². The number of hydrogen-bond donors (Lipinski definition) is 1. The van der Waals surface area contributed by atoms with Gasteiger partial charge >= 0.3 is 0 Å². The molecular formula is C17H20O. The van der Waals surface area contributed by atoms with E-state index in [9.17, 15) is 5.11 Å². The second-order valence-electron chi connectivity index (χ2n) is 4.81. The third-order valence-electron chi connectivity index (χ3n) is 3.21.